The first-order valence-electron chi connectivity index (χ1n) is 13.4. The van der Waals surface area contributed by atoms with E-state index >= 15 is 0 Å². The summed E-state index contributed by atoms with van der Waals surface area (Å²) in [5.74, 6) is 0. The van der Waals surface area contributed by atoms with E-state index in [0.29, 0.717) is 0 Å². The Hall–Kier alpha value is -4.22. The van der Waals surface area contributed by atoms with Gasteiger partial charge in [-0.1, -0.05) is 146 Å². The van der Waals surface area contributed by atoms with Gasteiger partial charge in [0.25, 0.3) is 0 Å². The molecule has 0 N–H and O–H groups in total. The molecule has 2 nitrogen and oxygen atoms in total. The van der Waals surface area contributed by atoms with Gasteiger partial charge in [-0.3, -0.25) is 0 Å². The van der Waals surface area contributed by atoms with Crippen LogP contribution >= 0.6 is 15.8 Å². The van der Waals surface area contributed by atoms with Crippen molar-refractivity contribution in [3.8, 4) is 0 Å². The second-order valence-electron chi connectivity index (χ2n) is 9.53. The maximum absolute atomic E-state index is 5.49. The molecule has 0 atom stereocenters. The van der Waals surface area contributed by atoms with Crippen LogP contribution in [-0.2, 0) is 0 Å². The van der Waals surface area contributed by atoms with Crippen molar-refractivity contribution in [1.29, 1.82) is 0 Å². The fourth-order valence-corrected chi connectivity index (χ4v) is 10.0. The maximum atomic E-state index is 5.49. The molecule has 1 aromatic heterocycles. The smallest absolute Gasteiger partial charge is 0.0978 e. The van der Waals surface area contributed by atoms with Crippen molar-refractivity contribution < 1.29 is 0 Å². The maximum Gasteiger partial charge on any atom is 0.0978 e. The highest BCUT2D eigenvalue weighted by Crippen LogP contribution is 2.37. The van der Waals surface area contributed by atoms with Crippen LogP contribution < -0.4 is 31.8 Å². The van der Waals surface area contributed by atoms with Crippen LogP contribution in [-0.4, -0.2) is 9.97 Å². The monoisotopic (exact) mass is 548 g/mol. The second-order valence-corrected chi connectivity index (χ2v) is 13.9. The zero-order valence-electron chi connectivity index (χ0n) is 21.8. The predicted octanol–water partition coefficient (Wildman–Crippen LogP) is 6.30. The van der Waals surface area contributed by atoms with E-state index in [1.807, 2.05) is 0 Å². The van der Waals surface area contributed by atoms with E-state index in [0.717, 1.165) is 22.1 Å². The molecular weight excluding hydrogens is 522 g/mol. The highest BCUT2D eigenvalue weighted by Gasteiger charge is 2.23. The Labute approximate surface area is 236 Å². The number of para-hydroxylation sites is 2. The molecule has 0 fully saturated rings. The van der Waals surface area contributed by atoms with Crippen molar-refractivity contribution in [2.24, 2.45) is 0 Å². The third-order valence-corrected chi connectivity index (χ3v) is 11.9. The highest BCUT2D eigenvalue weighted by molar-refractivity contribution is 7.80. The molecule has 0 saturated heterocycles. The van der Waals surface area contributed by atoms with Gasteiger partial charge in [0.05, 0.1) is 22.1 Å². The van der Waals surface area contributed by atoms with Gasteiger partial charge >= 0.3 is 0 Å². The van der Waals surface area contributed by atoms with E-state index in [-0.39, 0.29) is 0 Å². The number of hydrogen-bond acceptors (Lipinski definition) is 2. The predicted molar refractivity (Wildman–Crippen MR) is 174 cm³/mol. The molecular formula is C36H26N2P2. The van der Waals surface area contributed by atoms with Crippen molar-refractivity contribution >= 4 is 69.7 Å². The number of benzene rings is 6. The Balaban J connectivity index is 1.50. The summed E-state index contributed by atoms with van der Waals surface area (Å²) in [5, 5.41) is 7.70. The molecule has 0 aliphatic rings. The molecule has 40 heavy (non-hydrogen) atoms. The van der Waals surface area contributed by atoms with Crippen molar-refractivity contribution in [2.45, 2.75) is 0 Å². The topological polar surface area (TPSA) is 25.8 Å². The molecule has 0 aliphatic heterocycles. The Bertz CT molecular complexity index is 1680. The largest absolute Gasteiger partial charge is 0.244 e. The Kier molecular flexibility index (Phi) is 6.88. The summed E-state index contributed by atoms with van der Waals surface area (Å²) in [7, 11) is -1.62. The van der Waals surface area contributed by atoms with E-state index in [9.17, 15) is 0 Å². The van der Waals surface area contributed by atoms with Gasteiger partial charge in [0.1, 0.15) is 0 Å². The van der Waals surface area contributed by atoms with Crippen molar-refractivity contribution in [2.75, 3.05) is 0 Å². The Morgan fingerprint density at radius 1 is 0.300 bits per heavy atom. The average Bonchev–Trinajstić information content (AvgIpc) is 3.03. The van der Waals surface area contributed by atoms with Crippen LogP contribution in [0.4, 0.5) is 0 Å². The zero-order chi connectivity index (χ0) is 26.7. The Morgan fingerprint density at radius 2 is 0.625 bits per heavy atom. The third kappa shape index (κ3) is 4.71. The minimum atomic E-state index is -0.811. The van der Waals surface area contributed by atoms with Crippen molar-refractivity contribution in [1.82, 2.24) is 9.97 Å². The standard InChI is InChI=1S/C36H26N2P2/c1-5-15-27(16-6-1)39(28-17-7-2-8-18-28)33-25-13-23-31-35(33)38-36-32(37-31)24-14-26-34(36)40(29-19-9-3-10-20-29)30-21-11-4-12-22-30/h1-26H. The van der Waals surface area contributed by atoms with E-state index < -0.39 is 15.8 Å². The van der Waals surface area contributed by atoms with E-state index in [4.69, 9.17) is 9.97 Å². The molecule has 7 aromatic rings. The molecule has 1 heterocycles. The highest BCUT2D eigenvalue weighted by atomic mass is 31.1. The molecule has 0 saturated carbocycles. The lowest BCUT2D eigenvalue weighted by Gasteiger charge is -2.22. The fraction of sp³-hybridized carbons (Fsp3) is 0. The van der Waals surface area contributed by atoms with Gasteiger partial charge in [-0.15, -0.1) is 0 Å². The first-order valence-corrected chi connectivity index (χ1v) is 16.1. The normalized spacial score (nSPS) is 11.4. The van der Waals surface area contributed by atoms with Gasteiger partial charge in [0.15, 0.2) is 0 Å². The van der Waals surface area contributed by atoms with Crippen LogP contribution in [0.3, 0.4) is 0 Å². The lowest BCUT2D eigenvalue weighted by Crippen LogP contribution is -2.23. The van der Waals surface area contributed by atoms with Crippen molar-refractivity contribution in [3.63, 3.8) is 0 Å². The summed E-state index contributed by atoms with van der Waals surface area (Å²) in [5.41, 5.74) is 3.84. The number of aromatic nitrogens is 2. The van der Waals surface area contributed by atoms with Crippen LogP contribution in [0.2, 0.25) is 0 Å². The van der Waals surface area contributed by atoms with Gasteiger partial charge in [0, 0.05) is 10.6 Å². The number of rotatable bonds is 6. The first-order chi connectivity index (χ1) is 19.9. The number of hydrogen-bond donors (Lipinski definition) is 0. The van der Waals surface area contributed by atoms with Gasteiger partial charge in [0.2, 0.25) is 0 Å². The summed E-state index contributed by atoms with van der Waals surface area (Å²) in [6.07, 6.45) is 0. The van der Waals surface area contributed by atoms with E-state index in [1.165, 1.54) is 31.8 Å². The molecule has 0 unspecified atom stereocenters. The van der Waals surface area contributed by atoms with Gasteiger partial charge in [-0.05, 0) is 49.2 Å². The molecule has 0 aliphatic carbocycles. The summed E-state index contributed by atoms with van der Waals surface area (Å²) in [6, 6.07) is 56.2. The first kappa shape index (κ1) is 24.8. The number of nitrogens with zero attached hydrogens (tertiary/aromatic N) is 2. The van der Waals surface area contributed by atoms with Crippen LogP contribution in [0.25, 0.3) is 22.1 Å². The lowest BCUT2D eigenvalue weighted by atomic mass is 10.2. The minimum Gasteiger partial charge on any atom is -0.244 e. The summed E-state index contributed by atoms with van der Waals surface area (Å²) < 4.78 is 0. The zero-order valence-corrected chi connectivity index (χ0v) is 23.6. The van der Waals surface area contributed by atoms with E-state index in [2.05, 4.69) is 158 Å². The van der Waals surface area contributed by atoms with Gasteiger partial charge in [-0.2, -0.15) is 0 Å². The molecule has 0 amide bonds. The summed E-state index contributed by atoms with van der Waals surface area (Å²) in [6.45, 7) is 0. The molecule has 0 radical (unpaired) electrons. The van der Waals surface area contributed by atoms with E-state index in [1.54, 1.807) is 0 Å². The third-order valence-electron chi connectivity index (χ3n) is 6.99. The minimum absolute atomic E-state index is 0.811. The Morgan fingerprint density at radius 3 is 0.950 bits per heavy atom. The molecule has 0 spiro atoms. The summed E-state index contributed by atoms with van der Waals surface area (Å²) in [4.78, 5) is 10.7. The van der Waals surface area contributed by atoms with Gasteiger partial charge < -0.3 is 0 Å². The quantitative estimate of drug-likeness (QED) is 0.180. The lowest BCUT2D eigenvalue weighted by molar-refractivity contribution is 1.41. The molecule has 7 rings (SSSR count). The summed E-state index contributed by atoms with van der Waals surface area (Å²) >= 11 is 0. The van der Waals surface area contributed by atoms with Crippen LogP contribution in [0, 0.1) is 0 Å². The van der Waals surface area contributed by atoms with Crippen LogP contribution in [0.1, 0.15) is 0 Å². The van der Waals surface area contributed by atoms with Crippen LogP contribution in [0.15, 0.2) is 158 Å². The SMILES string of the molecule is c1ccc(P(c2ccccc2)c2cccc3nc4cccc(P(c5ccccc5)c5ccccc5)c4nc23)cc1. The second kappa shape index (κ2) is 11.1. The van der Waals surface area contributed by atoms with Crippen molar-refractivity contribution in [3.05, 3.63) is 158 Å². The average molecular weight is 549 g/mol. The van der Waals surface area contributed by atoms with Crippen LogP contribution in [0.5, 0.6) is 0 Å². The molecule has 190 valence electrons. The molecule has 6 aromatic carbocycles. The number of fused-ring (bicyclic) bond motifs is 2. The fourth-order valence-electron chi connectivity index (χ4n) is 5.21. The van der Waals surface area contributed by atoms with Gasteiger partial charge in [-0.25, -0.2) is 9.97 Å². The molecule has 4 heteroatoms. The molecule has 0 bridgehead atoms.